The fourth-order valence-corrected chi connectivity index (χ4v) is 11.0. The number of benzene rings is 2. The number of aromatic nitrogens is 2. The lowest BCUT2D eigenvalue weighted by atomic mass is 9.84. The van der Waals surface area contributed by atoms with E-state index in [2.05, 4.69) is 101 Å². The molecule has 2 aromatic carbocycles. The molecule has 2 saturated heterocycles. The molecule has 5 atom stereocenters. The Morgan fingerprint density at radius 3 is 2.50 bits per heavy atom. The number of hydrazine groups is 1. The number of urea groups is 1. The molecular weight excluding hydrogens is 927 g/mol. The molecule has 2 N–H and O–H groups in total. The molecule has 0 saturated carbocycles. The molecule has 3 aliphatic heterocycles. The van der Waals surface area contributed by atoms with Crippen molar-refractivity contribution in [2.75, 3.05) is 67.1 Å². The molecule has 6 bridgehead atoms. The van der Waals surface area contributed by atoms with Gasteiger partial charge in [0.15, 0.2) is 0 Å². The standard InChI is InChI=1S/C55H74N9O7Si/c1-12-46(65)59(9)25-26-61-27-28-62(33-36(61)5)53(69)60(10)48(35(3)4)50(66)57-44-30-38-17-14-18-39(29-38)40-20-21-45-42(31-40)43(49(63(45)13-2)41-19-15-23-56-47(41)37(6)70-11)32-54(7,8)34-71-52(68)55(72)22-16-24-64(58-55)51(44)67/h12,14-15,17-21,23,29,31,35-37,44,48,58H,1,13,16,22,24-28,30,32-34H2,2-11H3,(H,57,66)/t36-,37+,44+,48+,55+/m1/s1. The Balaban J connectivity index is 1.23. The Bertz CT molecular complexity index is 2670. The van der Waals surface area contributed by atoms with E-state index in [4.69, 9.17) is 14.5 Å². The summed E-state index contributed by atoms with van der Waals surface area (Å²) in [5, 5.41) is 4.16. The van der Waals surface area contributed by atoms with Crippen LogP contribution in [0.1, 0.15) is 84.2 Å². The summed E-state index contributed by atoms with van der Waals surface area (Å²) in [5.74, 6) is -1.90. The number of carbonyl (C=O) groups excluding carboxylic acids is 5. The van der Waals surface area contributed by atoms with Gasteiger partial charge in [-0.2, -0.15) is 0 Å². The lowest BCUT2D eigenvalue weighted by molar-refractivity contribution is -0.158. The first-order chi connectivity index (χ1) is 34.2. The smallest absolute Gasteiger partial charge is 0.323 e. The first-order valence-corrected chi connectivity index (χ1v) is 25.9. The van der Waals surface area contributed by atoms with E-state index in [0.717, 1.165) is 50.1 Å². The second kappa shape index (κ2) is 22.5. The van der Waals surface area contributed by atoms with E-state index >= 15 is 0 Å². The number of aryl methyl sites for hydroxylation is 1. The largest absolute Gasteiger partial charge is 0.464 e. The van der Waals surface area contributed by atoms with Crippen LogP contribution in [-0.4, -0.2) is 164 Å². The number of rotatable bonds is 12. The van der Waals surface area contributed by atoms with E-state index in [-0.39, 0.29) is 49.6 Å². The number of fused-ring (bicyclic) bond motifs is 6. The van der Waals surface area contributed by atoms with E-state index in [0.29, 0.717) is 58.5 Å². The Morgan fingerprint density at radius 1 is 1.06 bits per heavy atom. The number of likely N-dealkylation sites (N-methyl/N-ethyl adjacent to an activating group) is 2. The molecule has 3 radical (unpaired) electrons. The lowest BCUT2D eigenvalue weighted by Crippen LogP contribution is -2.68. The van der Waals surface area contributed by atoms with Gasteiger partial charge in [0.25, 0.3) is 5.91 Å². The van der Waals surface area contributed by atoms with Crippen LogP contribution in [0.2, 0.25) is 0 Å². The summed E-state index contributed by atoms with van der Waals surface area (Å²) < 4.78 is 14.4. The van der Waals surface area contributed by atoms with E-state index in [1.165, 1.54) is 16.0 Å². The summed E-state index contributed by atoms with van der Waals surface area (Å²) in [4.78, 5) is 82.2. The van der Waals surface area contributed by atoms with Gasteiger partial charge in [0.1, 0.15) is 17.2 Å². The molecule has 0 spiro atoms. The molecule has 72 heavy (non-hydrogen) atoms. The van der Waals surface area contributed by atoms with Crippen molar-refractivity contribution in [3.63, 3.8) is 0 Å². The Hall–Kier alpha value is -5.88. The first kappa shape index (κ1) is 53.9. The van der Waals surface area contributed by atoms with Gasteiger partial charge in [-0.25, -0.2) is 10.2 Å². The highest BCUT2D eigenvalue weighted by Crippen LogP contribution is 2.42. The van der Waals surface area contributed by atoms with Gasteiger partial charge in [-0.3, -0.25) is 34.1 Å². The fraction of sp³-hybridized carbons (Fsp3) is 0.527. The number of pyridine rings is 1. The third-order valence-corrected chi connectivity index (χ3v) is 15.2. The minimum Gasteiger partial charge on any atom is -0.464 e. The van der Waals surface area contributed by atoms with Crippen LogP contribution in [0, 0.1) is 11.3 Å². The van der Waals surface area contributed by atoms with Gasteiger partial charge in [0.2, 0.25) is 11.8 Å². The van der Waals surface area contributed by atoms with Crippen LogP contribution < -0.4 is 10.7 Å². The van der Waals surface area contributed by atoms with Crippen LogP contribution in [0.3, 0.4) is 0 Å². The normalized spacial score (nSPS) is 21.7. The zero-order chi connectivity index (χ0) is 52.2. The summed E-state index contributed by atoms with van der Waals surface area (Å²) >= 11 is 0. The number of nitrogens with zero attached hydrogens (tertiary/aromatic N) is 7. The molecule has 3 aliphatic rings. The van der Waals surface area contributed by atoms with Gasteiger partial charge in [0, 0.05) is 108 Å². The Kier molecular flexibility index (Phi) is 16.8. The van der Waals surface area contributed by atoms with Gasteiger partial charge in [-0.05, 0) is 98.5 Å². The van der Waals surface area contributed by atoms with Crippen LogP contribution in [0.5, 0.6) is 0 Å². The molecule has 0 aliphatic carbocycles. The molecule has 17 heteroatoms. The number of piperazine rings is 1. The molecule has 385 valence electrons. The number of nitrogens with one attached hydrogen (secondary N) is 2. The molecule has 4 aromatic rings. The van der Waals surface area contributed by atoms with Crippen LogP contribution in [0.4, 0.5) is 4.79 Å². The highest BCUT2D eigenvalue weighted by Gasteiger charge is 2.44. The van der Waals surface area contributed by atoms with E-state index < -0.39 is 40.4 Å². The third kappa shape index (κ3) is 11.5. The SMILES string of the molecule is C=CC(=O)N(C)CCN1CCN(C(=O)N(C)[C@H](C(=O)N[C@H]2Cc3cccc(c3)-c3ccc4c(c3)c(c(-c3cccnc3[C@H](C)OC)n4CC)CC(C)(C)COC(=O)[C@@]3([Si])CCCN(N3)C2=O)C(C)C)C[C@H]1C. The van der Waals surface area contributed by atoms with Crippen molar-refractivity contribution >= 4 is 50.9 Å². The minimum atomic E-state index is -1.42. The van der Waals surface area contributed by atoms with Crippen LogP contribution >= 0.6 is 0 Å². The number of carbonyl (C=O) groups is 5. The summed E-state index contributed by atoms with van der Waals surface area (Å²) in [7, 11) is 8.82. The average molecular weight is 1000 g/mol. The van der Waals surface area contributed by atoms with Crippen molar-refractivity contribution < 1.29 is 33.4 Å². The Morgan fingerprint density at radius 2 is 1.81 bits per heavy atom. The molecule has 2 aromatic heterocycles. The summed E-state index contributed by atoms with van der Waals surface area (Å²) in [6.07, 6.45) is 4.36. The third-order valence-electron chi connectivity index (χ3n) is 14.7. The second-order valence-corrected chi connectivity index (χ2v) is 21.8. The zero-order valence-corrected chi connectivity index (χ0v) is 44.9. The highest BCUT2D eigenvalue weighted by atomic mass is 28.1. The predicted molar refractivity (Wildman–Crippen MR) is 281 cm³/mol. The van der Waals surface area contributed by atoms with Crippen LogP contribution in [0.15, 0.2) is 73.4 Å². The van der Waals surface area contributed by atoms with E-state index in [9.17, 15) is 24.0 Å². The number of cyclic esters (lactones) is 1. The predicted octanol–water partition coefficient (Wildman–Crippen LogP) is 5.97. The fourth-order valence-electron chi connectivity index (χ4n) is 10.6. The average Bonchev–Trinajstić information content (AvgIpc) is 3.67. The van der Waals surface area contributed by atoms with Crippen LogP contribution in [-0.2, 0) is 48.0 Å². The van der Waals surface area contributed by atoms with E-state index in [1.54, 1.807) is 37.2 Å². The maximum absolute atomic E-state index is 14.9. The quantitative estimate of drug-likeness (QED) is 0.0984. The molecule has 16 nitrogen and oxygen atoms in total. The lowest BCUT2D eigenvalue weighted by Gasteiger charge is -2.43. The van der Waals surface area contributed by atoms with Gasteiger partial charge in [-0.15, -0.1) is 0 Å². The van der Waals surface area contributed by atoms with Crippen LogP contribution in [0.25, 0.3) is 33.3 Å². The topological polar surface area (TPSA) is 162 Å². The molecule has 7 rings (SSSR count). The summed E-state index contributed by atoms with van der Waals surface area (Å²) in [5.41, 5.74) is 10.4. The van der Waals surface area contributed by atoms with Gasteiger partial charge in [0.05, 0.1) is 34.3 Å². The van der Waals surface area contributed by atoms with Crippen molar-refractivity contribution in [3.05, 3.63) is 90.3 Å². The van der Waals surface area contributed by atoms with Crippen molar-refractivity contribution in [2.24, 2.45) is 11.3 Å². The summed E-state index contributed by atoms with van der Waals surface area (Å²) in [6.45, 7) is 21.5. The minimum absolute atomic E-state index is 0.0151. The first-order valence-electron chi connectivity index (χ1n) is 25.4. The molecule has 5 amide bonds. The Labute approximate surface area is 428 Å². The van der Waals surface area contributed by atoms with Crippen molar-refractivity contribution in [1.29, 1.82) is 0 Å². The van der Waals surface area contributed by atoms with E-state index in [1.807, 2.05) is 39.0 Å². The molecule has 0 unspecified atom stereocenters. The number of esters is 1. The van der Waals surface area contributed by atoms with Gasteiger partial charge < -0.3 is 34.1 Å². The molecule has 5 heterocycles. The second-order valence-electron chi connectivity index (χ2n) is 21.0. The molecular formula is C55H74N9O7Si. The zero-order valence-electron chi connectivity index (χ0n) is 43.9. The maximum atomic E-state index is 14.9. The van der Waals surface area contributed by atoms with Crippen molar-refractivity contribution in [1.82, 2.24) is 44.9 Å². The highest BCUT2D eigenvalue weighted by molar-refractivity contribution is 6.27. The number of hydrogen-bond donors (Lipinski definition) is 2. The number of methoxy groups -OCH3 is 1. The van der Waals surface area contributed by atoms with Crippen molar-refractivity contribution in [3.8, 4) is 22.4 Å². The van der Waals surface area contributed by atoms with Gasteiger partial charge >= 0.3 is 12.0 Å². The number of hydrogen-bond acceptors (Lipinski definition) is 10. The summed E-state index contributed by atoms with van der Waals surface area (Å²) in [6, 6.07) is 16.3. The number of amides is 5. The number of ether oxygens (including phenoxy) is 2. The maximum Gasteiger partial charge on any atom is 0.323 e. The van der Waals surface area contributed by atoms with Gasteiger partial charge in [-0.1, -0.05) is 64.6 Å². The molecule has 2 fully saturated rings. The van der Waals surface area contributed by atoms with Crippen molar-refractivity contribution in [2.45, 2.75) is 110 Å². The monoisotopic (exact) mass is 1000 g/mol.